The molecule has 3 heteroatoms. The lowest BCUT2D eigenvalue weighted by molar-refractivity contribution is -0.117. The zero-order valence-corrected chi connectivity index (χ0v) is 7.59. The van der Waals surface area contributed by atoms with Crippen molar-refractivity contribution < 1.29 is 4.79 Å². The molecule has 0 atom stereocenters. The van der Waals surface area contributed by atoms with E-state index >= 15 is 0 Å². The predicted molar refractivity (Wildman–Crippen MR) is 45.8 cm³/mol. The summed E-state index contributed by atoms with van der Waals surface area (Å²) >= 11 is 0. The van der Waals surface area contributed by atoms with Crippen LogP contribution in [-0.4, -0.2) is 24.9 Å². The van der Waals surface area contributed by atoms with Gasteiger partial charge in [-0.3, -0.25) is 4.79 Å². The Bertz CT molecular complexity index is 150. The van der Waals surface area contributed by atoms with Crippen LogP contribution in [0.4, 0.5) is 0 Å². The van der Waals surface area contributed by atoms with Crippen LogP contribution in [0.25, 0.3) is 0 Å². The van der Waals surface area contributed by atoms with Gasteiger partial charge in [-0.05, 0) is 6.08 Å². The van der Waals surface area contributed by atoms with Gasteiger partial charge in [0.1, 0.15) is 0 Å². The van der Waals surface area contributed by atoms with E-state index in [0.29, 0.717) is 0 Å². The predicted octanol–water partition coefficient (Wildman–Crippen LogP) is 0.791. The number of rotatable bonds is 4. The van der Waals surface area contributed by atoms with E-state index in [0.717, 1.165) is 0 Å². The smallest absolute Gasteiger partial charge is 0.159 e. The summed E-state index contributed by atoms with van der Waals surface area (Å²) in [6.07, 6.45) is 3.19. The van der Waals surface area contributed by atoms with Crippen LogP contribution in [0.3, 0.4) is 0 Å². The Kier molecular flexibility index (Phi) is 4.54. The summed E-state index contributed by atoms with van der Waals surface area (Å²) in [5, 5.41) is 1.77. The Morgan fingerprint density at radius 3 is 2.36 bits per heavy atom. The molecule has 0 rings (SSSR count). The van der Waals surface area contributed by atoms with Crippen molar-refractivity contribution in [1.82, 2.24) is 10.4 Å². The molecular weight excluding hydrogens is 140 g/mol. The highest BCUT2D eigenvalue weighted by Gasteiger charge is 2.00. The van der Waals surface area contributed by atoms with Gasteiger partial charge < -0.3 is 5.43 Å². The van der Waals surface area contributed by atoms with E-state index in [1.165, 1.54) is 0 Å². The molecule has 0 bridgehead atoms. The summed E-state index contributed by atoms with van der Waals surface area (Å²) in [4.78, 5) is 11.0. The topological polar surface area (TPSA) is 32.3 Å². The first-order valence-electron chi connectivity index (χ1n) is 3.68. The second-order valence-electron chi connectivity index (χ2n) is 2.91. The number of carbonyl (C=O) groups excluding carboxylic acids is 1. The van der Waals surface area contributed by atoms with Crippen LogP contribution >= 0.6 is 0 Å². The highest BCUT2D eigenvalue weighted by molar-refractivity contribution is 5.90. The van der Waals surface area contributed by atoms with Crippen molar-refractivity contribution in [3.05, 3.63) is 12.3 Å². The van der Waals surface area contributed by atoms with Gasteiger partial charge in [-0.2, -0.15) is 0 Å². The third kappa shape index (κ3) is 5.61. The van der Waals surface area contributed by atoms with Gasteiger partial charge in [-0.25, -0.2) is 5.01 Å². The molecule has 0 aliphatic carbocycles. The molecule has 0 aromatic rings. The zero-order valence-electron chi connectivity index (χ0n) is 7.59. The molecule has 11 heavy (non-hydrogen) atoms. The van der Waals surface area contributed by atoms with Gasteiger partial charge >= 0.3 is 0 Å². The average molecular weight is 156 g/mol. The van der Waals surface area contributed by atoms with Crippen molar-refractivity contribution >= 4 is 5.78 Å². The summed E-state index contributed by atoms with van der Waals surface area (Å²) in [5.74, 6) is 0.217. The van der Waals surface area contributed by atoms with Gasteiger partial charge in [-0.15, -0.1) is 0 Å². The van der Waals surface area contributed by atoms with E-state index in [4.69, 9.17) is 0 Å². The molecule has 0 spiro atoms. The fourth-order valence-electron chi connectivity index (χ4n) is 0.461. The maximum atomic E-state index is 11.0. The molecule has 0 aliphatic heterocycles. The third-order valence-corrected chi connectivity index (χ3v) is 1.15. The van der Waals surface area contributed by atoms with Gasteiger partial charge in [0.15, 0.2) is 5.78 Å². The van der Waals surface area contributed by atoms with Crippen LogP contribution < -0.4 is 5.43 Å². The number of hydrogen-bond donors (Lipinski definition) is 1. The first kappa shape index (κ1) is 10.2. The molecule has 0 radical (unpaired) electrons. The number of hydrazine groups is 1. The molecule has 0 saturated heterocycles. The minimum atomic E-state index is 0.0789. The third-order valence-electron chi connectivity index (χ3n) is 1.15. The van der Waals surface area contributed by atoms with Crippen LogP contribution in [0.15, 0.2) is 12.3 Å². The van der Waals surface area contributed by atoms with Crippen molar-refractivity contribution in [2.75, 3.05) is 14.1 Å². The van der Waals surface area contributed by atoms with Crippen molar-refractivity contribution in [1.29, 1.82) is 0 Å². The Morgan fingerprint density at radius 2 is 2.00 bits per heavy atom. The van der Waals surface area contributed by atoms with Gasteiger partial charge in [-0.1, -0.05) is 13.8 Å². The van der Waals surface area contributed by atoms with Crippen LogP contribution in [0.2, 0.25) is 0 Å². The number of allylic oxidation sites excluding steroid dienone is 1. The normalized spacial score (nSPS) is 11.5. The Labute approximate surface area is 68.0 Å². The van der Waals surface area contributed by atoms with Gasteiger partial charge in [0.05, 0.1) is 0 Å². The molecule has 0 saturated carbocycles. The minimum Gasteiger partial charge on any atom is -0.327 e. The second-order valence-corrected chi connectivity index (χ2v) is 2.91. The van der Waals surface area contributed by atoms with E-state index in [-0.39, 0.29) is 11.7 Å². The molecule has 0 fully saturated rings. The number of nitrogens with one attached hydrogen (secondary N) is 1. The van der Waals surface area contributed by atoms with E-state index in [1.54, 1.807) is 17.3 Å². The molecule has 64 valence electrons. The maximum absolute atomic E-state index is 11.0. The van der Waals surface area contributed by atoms with Gasteiger partial charge in [0.2, 0.25) is 0 Å². The highest BCUT2D eigenvalue weighted by Crippen LogP contribution is 1.93. The molecule has 0 heterocycles. The Morgan fingerprint density at radius 1 is 1.45 bits per heavy atom. The number of carbonyl (C=O) groups is 1. The van der Waals surface area contributed by atoms with Gasteiger partial charge in [0, 0.05) is 26.2 Å². The Hall–Kier alpha value is -0.830. The molecule has 0 aliphatic rings. The maximum Gasteiger partial charge on any atom is 0.159 e. The summed E-state index contributed by atoms with van der Waals surface area (Å²) in [7, 11) is 3.73. The van der Waals surface area contributed by atoms with Crippen molar-refractivity contribution in [2.24, 2.45) is 5.92 Å². The quantitative estimate of drug-likeness (QED) is 0.482. The van der Waals surface area contributed by atoms with Crippen LogP contribution in [0, 0.1) is 5.92 Å². The second kappa shape index (κ2) is 4.91. The van der Waals surface area contributed by atoms with E-state index in [9.17, 15) is 4.79 Å². The lowest BCUT2D eigenvalue weighted by Gasteiger charge is -2.07. The number of nitrogens with zero attached hydrogens (tertiary/aromatic N) is 1. The Balaban J connectivity index is 3.66. The van der Waals surface area contributed by atoms with Crippen molar-refractivity contribution in [2.45, 2.75) is 13.8 Å². The number of hydrogen-bond acceptors (Lipinski definition) is 3. The first-order chi connectivity index (χ1) is 5.04. The SMILES string of the molecule is CC(C)C(=O)/C=C\NN(C)C. The van der Waals surface area contributed by atoms with E-state index < -0.39 is 0 Å². The van der Waals surface area contributed by atoms with Crippen LogP contribution in [-0.2, 0) is 4.79 Å². The largest absolute Gasteiger partial charge is 0.327 e. The fraction of sp³-hybridized carbons (Fsp3) is 0.625. The summed E-state index contributed by atoms with van der Waals surface area (Å²) in [5.41, 5.74) is 2.86. The monoisotopic (exact) mass is 156 g/mol. The molecule has 1 N–H and O–H groups in total. The average Bonchev–Trinajstić information content (AvgIpc) is 1.86. The minimum absolute atomic E-state index is 0.0789. The van der Waals surface area contributed by atoms with Crippen molar-refractivity contribution in [3.63, 3.8) is 0 Å². The van der Waals surface area contributed by atoms with Crippen molar-refractivity contribution in [3.8, 4) is 0 Å². The van der Waals surface area contributed by atoms with E-state index in [1.807, 2.05) is 27.9 Å². The lowest BCUT2D eigenvalue weighted by Crippen LogP contribution is -2.25. The molecule has 0 aromatic carbocycles. The molecule has 3 nitrogen and oxygen atoms in total. The highest BCUT2D eigenvalue weighted by atomic mass is 16.1. The zero-order chi connectivity index (χ0) is 8.85. The number of ketones is 1. The molecule has 0 aromatic heterocycles. The summed E-state index contributed by atoms with van der Waals surface area (Å²) in [6.45, 7) is 3.75. The van der Waals surface area contributed by atoms with Crippen LogP contribution in [0.5, 0.6) is 0 Å². The molecular formula is C8H16N2O. The first-order valence-corrected chi connectivity index (χ1v) is 3.68. The summed E-state index contributed by atoms with van der Waals surface area (Å²) < 4.78 is 0. The fourth-order valence-corrected chi connectivity index (χ4v) is 0.461. The lowest BCUT2D eigenvalue weighted by atomic mass is 10.1. The standard InChI is InChI=1S/C8H16N2O/c1-7(2)8(11)5-6-9-10(3)4/h5-7,9H,1-4H3/b6-5-. The molecule has 0 amide bonds. The summed E-state index contributed by atoms with van der Waals surface area (Å²) in [6, 6.07) is 0. The van der Waals surface area contributed by atoms with Crippen LogP contribution in [0.1, 0.15) is 13.8 Å². The molecule has 0 unspecified atom stereocenters. The van der Waals surface area contributed by atoms with Gasteiger partial charge in [0.25, 0.3) is 0 Å². The van der Waals surface area contributed by atoms with E-state index in [2.05, 4.69) is 5.43 Å².